The highest BCUT2D eigenvalue weighted by molar-refractivity contribution is 9.10. The van der Waals surface area contributed by atoms with E-state index >= 15 is 0 Å². The van der Waals surface area contributed by atoms with Crippen LogP contribution in [-0.4, -0.2) is 36.1 Å². The van der Waals surface area contributed by atoms with Crippen LogP contribution in [0.25, 0.3) is 0 Å². The Morgan fingerprint density at radius 2 is 2.33 bits per heavy atom. The average molecular weight is 312 g/mol. The first kappa shape index (κ1) is 14.0. The van der Waals surface area contributed by atoms with Gasteiger partial charge in [-0.05, 0) is 67.5 Å². The zero-order chi connectivity index (χ0) is 12.8. The predicted molar refractivity (Wildman–Crippen MR) is 78.5 cm³/mol. The van der Waals surface area contributed by atoms with E-state index in [0.717, 1.165) is 23.6 Å². The molecule has 0 bridgehead atoms. The lowest BCUT2D eigenvalue weighted by atomic mass is 9.99. The van der Waals surface area contributed by atoms with Crippen molar-refractivity contribution >= 4 is 15.9 Å². The van der Waals surface area contributed by atoms with Crippen molar-refractivity contribution < 1.29 is 0 Å². The first-order chi connectivity index (χ1) is 8.79. The van der Waals surface area contributed by atoms with Crippen molar-refractivity contribution in [3.05, 3.63) is 28.5 Å². The summed E-state index contributed by atoms with van der Waals surface area (Å²) >= 11 is 3.43. The molecule has 0 aromatic carbocycles. The molecule has 0 amide bonds. The van der Waals surface area contributed by atoms with Gasteiger partial charge in [0.15, 0.2) is 0 Å². The number of rotatable bonds is 5. The average Bonchev–Trinajstić information content (AvgIpc) is 2.40. The maximum atomic E-state index is 4.48. The summed E-state index contributed by atoms with van der Waals surface area (Å²) in [5, 5.41) is 3.26. The third-order valence-corrected chi connectivity index (χ3v) is 4.10. The SMILES string of the molecule is CNCCC1CCCCN1Cc1ccc(Br)cn1. The Balaban J connectivity index is 1.94. The maximum Gasteiger partial charge on any atom is 0.0544 e. The van der Waals surface area contributed by atoms with Crippen LogP contribution in [0.5, 0.6) is 0 Å². The number of nitrogens with zero attached hydrogens (tertiary/aromatic N) is 2. The number of aromatic nitrogens is 1. The van der Waals surface area contributed by atoms with Gasteiger partial charge in [0.1, 0.15) is 0 Å². The molecule has 1 aromatic heterocycles. The highest BCUT2D eigenvalue weighted by Crippen LogP contribution is 2.21. The largest absolute Gasteiger partial charge is 0.320 e. The molecule has 4 heteroatoms. The number of nitrogens with one attached hydrogen (secondary N) is 1. The van der Waals surface area contributed by atoms with E-state index < -0.39 is 0 Å². The zero-order valence-electron chi connectivity index (χ0n) is 11.0. The van der Waals surface area contributed by atoms with Gasteiger partial charge in [0.25, 0.3) is 0 Å². The van der Waals surface area contributed by atoms with Crippen LogP contribution in [0.1, 0.15) is 31.4 Å². The smallest absolute Gasteiger partial charge is 0.0544 e. The minimum atomic E-state index is 0.719. The molecular weight excluding hydrogens is 290 g/mol. The molecule has 0 spiro atoms. The van der Waals surface area contributed by atoms with Gasteiger partial charge in [-0.3, -0.25) is 9.88 Å². The van der Waals surface area contributed by atoms with E-state index in [1.54, 1.807) is 0 Å². The first-order valence-corrected chi connectivity index (χ1v) is 7.58. The molecule has 1 unspecified atom stereocenters. The van der Waals surface area contributed by atoms with Gasteiger partial charge in [-0.25, -0.2) is 0 Å². The van der Waals surface area contributed by atoms with Crippen molar-refractivity contribution in [2.45, 2.75) is 38.3 Å². The Hall–Kier alpha value is -0.450. The first-order valence-electron chi connectivity index (χ1n) is 6.78. The third-order valence-electron chi connectivity index (χ3n) is 3.63. The van der Waals surface area contributed by atoms with Crippen LogP contribution in [0.2, 0.25) is 0 Å². The summed E-state index contributed by atoms with van der Waals surface area (Å²) in [6.45, 7) is 3.31. The maximum absolute atomic E-state index is 4.48. The summed E-state index contributed by atoms with van der Waals surface area (Å²) < 4.78 is 1.05. The zero-order valence-corrected chi connectivity index (χ0v) is 12.6. The molecule has 1 atom stereocenters. The van der Waals surface area contributed by atoms with Crippen LogP contribution in [0.4, 0.5) is 0 Å². The second-order valence-electron chi connectivity index (χ2n) is 4.98. The van der Waals surface area contributed by atoms with Crippen molar-refractivity contribution in [1.29, 1.82) is 0 Å². The third kappa shape index (κ3) is 4.04. The lowest BCUT2D eigenvalue weighted by Gasteiger charge is -2.35. The Kier molecular flexibility index (Phi) is 5.60. The van der Waals surface area contributed by atoms with E-state index in [1.807, 2.05) is 13.2 Å². The minimum absolute atomic E-state index is 0.719. The summed E-state index contributed by atoms with van der Waals surface area (Å²) in [5.74, 6) is 0. The number of hydrogen-bond donors (Lipinski definition) is 1. The standard InChI is InChI=1S/C14H22BrN3/c1-16-8-7-14-4-2-3-9-18(14)11-13-6-5-12(15)10-17-13/h5-6,10,14,16H,2-4,7-9,11H2,1H3. The Labute approximate surface area is 118 Å². The molecule has 1 saturated heterocycles. The molecule has 0 radical (unpaired) electrons. The van der Waals surface area contributed by atoms with Gasteiger partial charge < -0.3 is 5.32 Å². The van der Waals surface area contributed by atoms with E-state index in [-0.39, 0.29) is 0 Å². The second-order valence-corrected chi connectivity index (χ2v) is 5.90. The molecule has 3 nitrogen and oxygen atoms in total. The van der Waals surface area contributed by atoms with E-state index in [0.29, 0.717) is 0 Å². The number of halogens is 1. The van der Waals surface area contributed by atoms with Crippen LogP contribution in [-0.2, 0) is 6.54 Å². The highest BCUT2D eigenvalue weighted by atomic mass is 79.9. The van der Waals surface area contributed by atoms with Gasteiger partial charge in [0.2, 0.25) is 0 Å². The van der Waals surface area contributed by atoms with Crippen molar-refractivity contribution in [2.75, 3.05) is 20.1 Å². The Bertz CT molecular complexity index is 353. The monoisotopic (exact) mass is 311 g/mol. The molecule has 0 saturated carbocycles. The summed E-state index contributed by atoms with van der Waals surface area (Å²) in [6.07, 6.45) is 7.17. The van der Waals surface area contributed by atoms with Crippen molar-refractivity contribution in [3.63, 3.8) is 0 Å². The van der Waals surface area contributed by atoms with Crippen molar-refractivity contribution in [1.82, 2.24) is 15.2 Å². The molecule has 1 aliphatic rings. The van der Waals surface area contributed by atoms with E-state index in [1.165, 1.54) is 37.9 Å². The van der Waals surface area contributed by atoms with Gasteiger partial charge in [-0.1, -0.05) is 6.42 Å². The van der Waals surface area contributed by atoms with Gasteiger partial charge in [0, 0.05) is 23.3 Å². The number of piperidine rings is 1. The molecule has 100 valence electrons. The normalized spacial score (nSPS) is 21.1. The topological polar surface area (TPSA) is 28.2 Å². The quantitative estimate of drug-likeness (QED) is 0.906. The molecule has 0 aliphatic carbocycles. The fourth-order valence-corrected chi connectivity index (χ4v) is 2.85. The van der Waals surface area contributed by atoms with Gasteiger partial charge in [-0.15, -0.1) is 0 Å². The number of likely N-dealkylation sites (tertiary alicyclic amines) is 1. The molecule has 2 rings (SSSR count). The van der Waals surface area contributed by atoms with Crippen LogP contribution in [0.15, 0.2) is 22.8 Å². The van der Waals surface area contributed by atoms with E-state index in [2.05, 4.69) is 43.3 Å². The molecular formula is C14H22BrN3. The number of hydrogen-bond acceptors (Lipinski definition) is 3. The number of pyridine rings is 1. The molecule has 1 aromatic rings. The van der Waals surface area contributed by atoms with Crippen LogP contribution in [0, 0.1) is 0 Å². The van der Waals surface area contributed by atoms with Crippen LogP contribution < -0.4 is 5.32 Å². The summed E-state index contributed by atoms with van der Waals surface area (Å²) in [5.41, 5.74) is 1.18. The molecule has 1 N–H and O–H groups in total. The summed E-state index contributed by atoms with van der Waals surface area (Å²) in [4.78, 5) is 7.08. The summed E-state index contributed by atoms with van der Waals surface area (Å²) in [6, 6.07) is 4.92. The predicted octanol–water partition coefficient (Wildman–Crippen LogP) is 2.81. The minimum Gasteiger partial charge on any atom is -0.320 e. The molecule has 1 fully saturated rings. The lowest BCUT2D eigenvalue weighted by Crippen LogP contribution is -2.40. The van der Waals surface area contributed by atoms with E-state index in [4.69, 9.17) is 0 Å². The molecule has 2 heterocycles. The summed E-state index contributed by atoms with van der Waals surface area (Å²) in [7, 11) is 2.03. The van der Waals surface area contributed by atoms with Crippen molar-refractivity contribution in [2.24, 2.45) is 0 Å². The second kappa shape index (κ2) is 7.22. The van der Waals surface area contributed by atoms with Crippen molar-refractivity contribution in [3.8, 4) is 0 Å². The van der Waals surface area contributed by atoms with Gasteiger partial charge in [0.05, 0.1) is 5.69 Å². The van der Waals surface area contributed by atoms with Gasteiger partial charge >= 0.3 is 0 Å². The molecule has 1 aliphatic heterocycles. The Morgan fingerprint density at radius 3 is 3.06 bits per heavy atom. The van der Waals surface area contributed by atoms with Crippen LogP contribution >= 0.6 is 15.9 Å². The lowest BCUT2D eigenvalue weighted by molar-refractivity contribution is 0.131. The Morgan fingerprint density at radius 1 is 1.44 bits per heavy atom. The van der Waals surface area contributed by atoms with Crippen LogP contribution in [0.3, 0.4) is 0 Å². The van der Waals surface area contributed by atoms with E-state index in [9.17, 15) is 0 Å². The van der Waals surface area contributed by atoms with Gasteiger partial charge in [-0.2, -0.15) is 0 Å². The highest BCUT2D eigenvalue weighted by Gasteiger charge is 2.22. The molecule has 18 heavy (non-hydrogen) atoms. The fourth-order valence-electron chi connectivity index (χ4n) is 2.61. The fraction of sp³-hybridized carbons (Fsp3) is 0.643.